The van der Waals surface area contributed by atoms with E-state index in [0.29, 0.717) is 38.3 Å². The number of methoxy groups -OCH3 is 1. The van der Waals surface area contributed by atoms with Crippen LogP contribution >= 0.6 is 0 Å². The van der Waals surface area contributed by atoms with Gasteiger partial charge in [-0.05, 0) is 49.7 Å². The number of ketones is 1. The van der Waals surface area contributed by atoms with E-state index in [1.807, 2.05) is 36.9 Å². The van der Waals surface area contributed by atoms with Gasteiger partial charge in [0.05, 0.1) is 13.7 Å². The molecule has 1 heterocycles. The van der Waals surface area contributed by atoms with Crippen molar-refractivity contribution in [2.45, 2.75) is 13.8 Å². The molecule has 0 bridgehead atoms. The fraction of sp³-hybridized carbons (Fsp3) is 0.364. The third-order valence-corrected chi connectivity index (χ3v) is 5.06. The van der Waals surface area contributed by atoms with Gasteiger partial charge in [-0.3, -0.25) is 14.5 Å². The van der Waals surface area contributed by atoms with Crippen LogP contribution in [0.1, 0.15) is 31.8 Å². The molecule has 1 aliphatic rings. The lowest BCUT2D eigenvalue weighted by Crippen LogP contribution is -2.49. The lowest BCUT2D eigenvalue weighted by molar-refractivity contribution is 0.0624. The molecule has 1 amide bonds. The summed E-state index contributed by atoms with van der Waals surface area (Å²) in [4.78, 5) is 29.3. The van der Waals surface area contributed by atoms with Gasteiger partial charge in [0.1, 0.15) is 5.75 Å². The largest absolute Gasteiger partial charge is 0.497 e. The molecule has 0 aliphatic carbocycles. The van der Waals surface area contributed by atoms with Gasteiger partial charge in [0.25, 0.3) is 5.91 Å². The number of carbonyl (C=O) groups is 2. The van der Waals surface area contributed by atoms with E-state index in [0.717, 1.165) is 22.4 Å². The van der Waals surface area contributed by atoms with Crippen LogP contribution in [0.5, 0.6) is 5.75 Å². The molecule has 0 saturated carbocycles. The van der Waals surface area contributed by atoms with E-state index in [4.69, 9.17) is 4.74 Å². The summed E-state index contributed by atoms with van der Waals surface area (Å²) in [5, 5.41) is 0. The van der Waals surface area contributed by atoms with Gasteiger partial charge in [0, 0.05) is 37.3 Å². The fourth-order valence-corrected chi connectivity index (χ4v) is 3.35. The first-order chi connectivity index (χ1) is 13.0. The molecule has 1 aliphatic heterocycles. The number of benzene rings is 2. The van der Waals surface area contributed by atoms with Crippen LogP contribution in [0.25, 0.3) is 0 Å². The number of Topliss-reactive ketones (excluding diaryl/α,β-unsaturated/α-hetero) is 1. The standard InChI is InChI=1S/C22H26N2O3/c1-16-4-5-17(2)20(14-16)21(25)15-23-10-12-24(13-11-23)22(26)18-6-8-19(27-3)9-7-18/h4-9,14H,10-13,15H2,1-3H3. The number of carbonyl (C=O) groups excluding carboxylic acids is 2. The Morgan fingerprint density at radius 1 is 0.963 bits per heavy atom. The van der Waals surface area contributed by atoms with Gasteiger partial charge in [0.15, 0.2) is 5.78 Å². The number of hydrogen-bond acceptors (Lipinski definition) is 4. The zero-order valence-corrected chi connectivity index (χ0v) is 16.2. The predicted octanol–water partition coefficient (Wildman–Crippen LogP) is 2.95. The first kappa shape index (κ1) is 19.1. The van der Waals surface area contributed by atoms with Gasteiger partial charge in [-0.2, -0.15) is 0 Å². The summed E-state index contributed by atoms with van der Waals surface area (Å²) in [6.45, 7) is 7.04. The zero-order valence-electron chi connectivity index (χ0n) is 16.2. The summed E-state index contributed by atoms with van der Waals surface area (Å²) >= 11 is 0. The van der Waals surface area contributed by atoms with Crippen molar-refractivity contribution in [2.75, 3.05) is 39.8 Å². The van der Waals surface area contributed by atoms with E-state index < -0.39 is 0 Å². The van der Waals surface area contributed by atoms with E-state index in [9.17, 15) is 9.59 Å². The van der Waals surface area contributed by atoms with Gasteiger partial charge in [-0.15, -0.1) is 0 Å². The molecule has 0 N–H and O–H groups in total. The minimum absolute atomic E-state index is 0.0261. The number of aryl methyl sites for hydroxylation is 2. The Morgan fingerprint density at radius 3 is 2.26 bits per heavy atom. The highest BCUT2D eigenvalue weighted by Crippen LogP contribution is 2.16. The normalized spacial score (nSPS) is 14.9. The van der Waals surface area contributed by atoms with Crippen LogP contribution in [0.15, 0.2) is 42.5 Å². The molecule has 0 spiro atoms. The molecule has 27 heavy (non-hydrogen) atoms. The molecule has 2 aromatic carbocycles. The maximum Gasteiger partial charge on any atom is 0.253 e. The van der Waals surface area contributed by atoms with Crippen molar-refractivity contribution >= 4 is 11.7 Å². The minimum atomic E-state index is 0.0261. The van der Waals surface area contributed by atoms with Gasteiger partial charge in [0.2, 0.25) is 0 Å². The number of nitrogens with zero attached hydrogens (tertiary/aromatic N) is 2. The van der Waals surface area contributed by atoms with Crippen LogP contribution in [-0.4, -0.2) is 61.3 Å². The summed E-state index contributed by atoms with van der Waals surface area (Å²) in [6.07, 6.45) is 0. The van der Waals surface area contributed by atoms with Gasteiger partial charge in [-0.1, -0.05) is 17.7 Å². The minimum Gasteiger partial charge on any atom is -0.497 e. The van der Waals surface area contributed by atoms with Crippen molar-refractivity contribution in [1.82, 2.24) is 9.80 Å². The topological polar surface area (TPSA) is 49.9 Å². The summed E-state index contributed by atoms with van der Waals surface area (Å²) in [5.74, 6) is 0.908. The first-order valence-electron chi connectivity index (χ1n) is 9.24. The van der Waals surface area contributed by atoms with Gasteiger partial charge >= 0.3 is 0 Å². The lowest BCUT2D eigenvalue weighted by Gasteiger charge is -2.34. The molecule has 0 radical (unpaired) electrons. The molecular formula is C22H26N2O3. The smallest absolute Gasteiger partial charge is 0.253 e. The third-order valence-electron chi connectivity index (χ3n) is 5.06. The zero-order chi connectivity index (χ0) is 19.4. The second-order valence-electron chi connectivity index (χ2n) is 7.04. The second kappa shape index (κ2) is 8.35. The van der Waals surface area contributed by atoms with Crippen LogP contribution in [-0.2, 0) is 0 Å². The Kier molecular flexibility index (Phi) is 5.91. The van der Waals surface area contributed by atoms with Crippen LogP contribution in [0.2, 0.25) is 0 Å². The molecule has 142 valence electrons. The second-order valence-corrected chi connectivity index (χ2v) is 7.04. The van der Waals surface area contributed by atoms with Crippen LogP contribution in [0, 0.1) is 13.8 Å². The molecular weight excluding hydrogens is 340 g/mol. The maximum atomic E-state index is 12.6. The molecule has 0 unspecified atom stereocenters. The highest BCUT2D eigenvalue weighted by molar-refractivity contribution is 5.99. The third kappa shape index (κ3) is 4.55. The van der Waals surface area contributed by atoms with Crippen molar-refractivity contribution < 1.29 is 14.3 Å². The van der Waals surface area contributed by atoms with Crippen LogP contribution < -0.4 is 4.74 Å². The SMILES string of the molecule is COc1ccc(C(=O)N2CCN(CC(=O)c3cc(C)ccc3C)CC2)cc1. The maximum absolute atomic E-state index is 12.6. The van der Waals surface area contributed by atoms with Crippen molar-refractivity contribution in [3.8, 4) is 5.75 Å². The van der Waals surface area contributed by atoms with Crippen LogP contribution in [0.3, 0.4) is 0 Å². The molecule has 0 aromatic heterocycles. The van der Waals surface area contributed by atoms with Crippen molar-refractivity contribution in [1.29, 1.82) is 0 Å². The molecule has 3 rings (SSSR count). The number of rotatable bonds is 5. The fourth-order valence-electron chi connectivity index (χ4n) is 3.35. The monoisotopic (exact) mass is 366 g/mol. The molecule has 0 atom stereocenters. The van der Waals surface area contributed by atoms with E-state index in [1.54, 1.807) is 31.4 Å². The highest BCUT2D eigenvalue weighted by Gasteiger charge is 2.24. The van der Waals surface area contributed by atoms with E-state index in [2.05, 4.69) is 4.90 Å². The molecule has 5 heteroatoms. The number of amides is 1. The molecule has 5 nitrogen and oxygen atoms in total. The van der Waals surface area contributed by atoms with Gasteiger partial charge in [-0.25, -0.2) is 0 Å². The van der Waals surface area contributed by atoms with E-state index in [-0.39, 0.29) is 11.7 Å². The van der Waals surface area contributed by atoms with E-state index >= 15 is 0 Å². The number of piperazine rings is 1. The lowest BCUT2D eigenvalue weighted by atomic mass is 10.0. The summed E-state index contributed by atoms with van der Waals surface area (Å²) < 4.78 is 5.13. The Morgan fingerprint density at radius 2 is 1.63 bits per heavy atom. The van der Waals surface area contributed by atoms with Gasteiger partial charge < -0.3 is 9.64 Å². The quantitative estimate of drug-likeness (QED) is 0.764. The average molecular weight is 366 g/mol. The Bertz CT molecular complexity index is 822. The molecule has 1 saturated heterocycles. The Balaban J connectivity index is 1.56. The van der Waals surface area contributed by atoms with Crippen molar-refractivity contribution in [2.24, 2.45) is 0 Å². The Hall–Kier alpha value is -2.66. The summed E-state index contributed by atoms with van der Waals surface area (Å²) in [6, 6.07) is 13.2. The average Bonchev–Trinajstić information content (AvgIpc) is 2.70. The summed E-state index contributed by atoms with van der Waals surface area (Å²) in [5.41, 5.74) is 3.57. The number of hydrogen-bond donors (Lipinski definition) is 0. The first-order valence-corrected chi connectivity index (χ1v) is 9.24. The predicted molar refractivity (Wildman–Crippen MR) is 106 cm³/mol. The molecule has 2 aromatic rings. The van der Waals surface area contributed by atoms with Crippen LogP contribution in [0.4, 0.5) is 0 Å². The van der Waals surface area contributed by atoms with Crippen molar-refractivity contribution in [3.05, 3.63) is 64.7 Å². The molecule has 1 fully saturated rings. The Labute approximate surface area is 160 Å². The van der Waals surface area contributed by atoms with Crippen molar-refractivity contribution in [3.63, 3.8) is 0 Å². The highest BCUT2D eigenvalue weighted by atomic mass is 16.5. The van der Waals surface area contributed by atoms with E-state index in [1.165, 1.54) is 0 Å². The summed E-state index contributed by atoms with van der Waals surface area (Å²) in [7, 11) is 1.61. The number of ether oxygens (including phenoxy) is 1.